The second-order valence-electron chi connectivity index (χ2n) is 16.3. The van der Waals surface area contributed by atoms with Gasteiger partial charge in [0.25, 0.3) is 11.1 Å². The number of fused-ring (bicyclic) bond motifs is 3. The van der Waals surface area contributed by atoms with E-state index in [4.69, 9.17) is 38.7 Å². The fourth-order valence-electron chi connectivity index (χ4n) is 6.05. The van der Waals surface area contributed by atoms with E-state index in [0.717, 1.165) is 44.1 Å². The monoisotopic (exact) mass is 982 g/mol. The smallest absolute Gasteiger partial charge is 0.425 e. The molecule has 0 bridgehead atoms. The Labute approximate surface area is 384 Å². The van der Waals surface area contributed by atoms with Crippen LogP contribution < -0.4 is 33.5 Å². The summed E-state index contributed by atoms with van der Waals surface area (Å²) in [6, 6.07) is 21.0. The Bertz CT molecular complexity index is 2980. The number of aromatic nitrogens is 3. The maximum absolute atomic E-state index is 12.2. The second kappa shape index (κ2) is 23.8. The minimum atomic E-state index is -3.11. The van der Waals surface area contributed by atoms with Crippen LogP contribution in [-0.4, -0.2) is 73.3 Å². The highest BCUT2D eigenvalue weighted by atomic mass is 79.9. The molecule has 0 unspecified atom stereocenters. The second-order valence-corrected chi connectivity index (χ2v) is 17.3. The molecule has 7 N–H and O–H groups in total. The predicted octanol–water partition coefficient (Wildman–Crippen LogP) is 5.81. The van der Waals surface area contributed by atoms with E-state index in [1.807, 2.05) is 71.9 Å². The number of halogens is 1. The normalized spacial score (nSPS) is 10.7. The molecule has 3 heterocycles. The average Bonchev–Trinajstić information content (AvgIpc) is 3.16. The van der Waals surface area contributed by atoms with Gasteiger partial charge >= 0.3 is 28.5 Å². The van der Waals surface area contributed by atoms with Gasteiger partial charge in [-0.2, -0.15) is 0 Å². The third-order valence-electron chi connectivity index (χ3n) is 8.56. The molecule has 20 heteroatoms. The van der Waals surface area contributed by atoms with E-state index < -0.39 is 28.1 Å². The Kier molecular flexibility index (Phi) is 19.9. The number of ether oxygens (including phenoxy) is 2. The zero-order valence-electron chi connectivity index (χ0n) is 37.8. The van der Waals surface area contributed by atoms with Crippen molar-refractivity contribution < 1.29 is 41.6 Å². The van der Waals surface area contributed by atoms with E-state index in [0.29, 0.717) is 22.4 Å². The lowest BCUT2D eigenvalue weighted by Gasteiger charge is -2.20. The van der Waals surface area contributed by atoms with Crippen LogP contribution in [0.2, 0.25) is 0 Å². The molecule has 3 aromatic heterocycles. The van der Waals surface area contributed by atoms with Crippen LogP contribution in [0, 0.1) is 20.8 Å². The van der Waals surface area contributed by atoms with Crippen molar-refractivity contribution >= 4 is 94.2 Å². The molecule has 6 rings (SSSR count). The van der Waals surface area contributed by atoms with Crippen LogP contribution in [0.25, 0.3) is 32.7 Å². The Morgan fingerprint density at radius 1 is 0.677 bits per heavy atom. The molecule has 350 valence electrons. The number of aromatic amines is 1. The van der Waals surface area contributed by atoms with Crippen molar-refractivity contribution in [2.24, 2.45) is 0 Å². The van der Waals surface area contributed by atoms with Gasteiger partial charge in [0.05, 0.1) is 16.6 Å². The summed E-state index contributed by atoms with van der Waals surface area (Å²) < 4.78 is 38.2. The van der Waals surface area contributed by atoms with Crippen molar-refractivity contribution in [2.45, 2.75) is 86.6 Å². The molecule has 0 radical (unpaired) electrons. The first-order valence-electron chi connectivity index (χ1n) is 19.6. The lowest BCUT2D eigenvalue weighted by atomic mass is 10.1. The maximum Gasteiger partial charge on any atom is 0.425 e. The number of nitrogens with two attached hydrogens (primary N) is 2. The standard InChI is InChI=1S/C16H20N2O3.C13H14N2O3.C10H10N2O.C6H11BrO2.O3S/c1-10-7-14(19)18(9-15(20)21-16(2,3)4)13-8-11(17)5-6-12(10)13;1-8-5-12(16)15(7-13(17)18)11-6-9(14-2)3-4-10(8)11;1-6-4-10(13)12-9-5-7(11)2-3-8(6)9;1-6(2,3)9-5(8)4-7;1-4(2)3/h5-8H,9,17H2,1-4H3;3-6,14H,7H2,1-2H3,(H,17,18);2-5H,11H2,1H3,(H,12,13);4H2,1-3H3;. The van der Waals surface area contributed by atoms with Gasteiger partial charge in [0.15, 0.2) is 0 Å². The fraction of sp³-hybridized carbons (Fsp3) is 0.333. The highest BCUT2D eigenvalue weighted by molar-refractivity contribution is 9.09. The number of rotatable bonds is 6. The van der Waals surface area contributed by atoms with Crippen LogP contribution in [0.3, 0.4) is 0 Å². The van der Waals surface area contributed by atoms with Gasteiger partial charge < -0.3 is 36.3 Å². The number of carbonyl (C=O) groups is 3. The van der Waals surface area contributed by atoms with Crippen molar-refractivity contribution in [1.29, 1.82) is 0 Å². The first kappa shape index (κ1) is 54.3. The summed E-state index contributed by atoms with van der Waals surface area (Å²) in [7, 11) is -1.34. The molecule has 65 heavy (non-hydrogen) atoms. The van der Waals surface area contributed by atoms with Gasteiger partial charge in [0.2, 0.25) is 5.56 Å². The summed E-state index contributed by atoms with van der Waals surface area (Å²) in [5.74, 6) is -1.70. The summed E-state index contributed by atoms with van der Waals surface area (Å²) in [6.45, 7) is 16.0. The molecule has 0 atom stereocenters. The SMILES string of the molecule is CC(C)(C)OC(=O)CBr.CNc1ccc2c(C)cc(=O)n(CC(=O)O)c2c1.Cc1cc(=O)[nH]c2cc(N)ccc12.Cc1cc(=O)n(CC(=O)OC(C)(C)C)c2cc(N)ccc12.O=S(=O)=O. The number of esters is 2. The van der Waals surface area contributed by atoms with Crippen LogP contribution in [0.1, 0.15) is 58.2 Å². The van der Waals surface area contributed by atoms with E-state index in [1.165, 1.54) is 21.3 Å². The predicted molar refractivity (Wildman–Crippen MR) is 256 cm³/mol. The van der Waals surface area contributed by atoms with Crippen LogP contribution in [0.4, 0.5) is 17.1 Å². The summed E-state index contributed by atoms with van der Waals surface area (Å²) in [5, 5.41) is 14.9. The van der Waals surface area contributed by atoms with Gasteiger partial charge in [0, 0.05) is 58.5 Å². The summed E-state index contributed by atoms with van der Waals surface area (Å²) in [5.41, 5.74) is 16.6. The van der Waals surface area contributed by atoms with Crippen molar-refractivity contribution in [2.75, 3.05) is 29.2 Å². The lowest BCUT2D eigenvalue weighted by Crippen LogP contribution is -2.30. The van der Waals surface area contributed by atoms with Crippen LogP contribution in [0.5, 0.6) is 0 Å². The van der Waals surface area contributed by atoms with Gasteiger partial charge in [0.1, 0.15) is 29.6 Å². The average molecular weight is 984 g/mol. The molecule has 0 aliphatic heterocycles. The molecule has 0 saturated heterocycles. The van der Waals surface area contributed by atoms with E-state index >= 15 is 0 Å². The number of carboxylic acid groups (broad SMARTS) is 1. The number of carboxylic acids is 1. The molecule has 0 fully saturated rings. The molecule has 18 nitrogen and oxygen atoms in total. The number of H-pyrrole nitrogens is 1. The minimum Gasteiger partial charge on any atom is -0.480 e. The molecule has 0 aliphatic rings. The Hall–Kier alpha value is -6.80. The van der Waals surface area contributed by atoms with Crippen LogP contribution >= 0.6 is 15.9 Å². The molecule has 0 aliphatic carbocycles. The summed E-state index contributed by atoms with van der Waals surface area (Å²) in [6.07, 6.45) is 0. The first-order chi connectivity index (χ1) is 30.0. The molecule has 0 amide bonds. The fourth-order valence-corrected chi connectivity index (χ4v) is 6.17. The molecule has 3 aromatic carbocycles. The lowest BCUT2D eigenvalue weighted by molar-refractivity contribution is -0.155. The largest absolute Gasteiger partial charge is 0.480 e. The molecule has 6 aromatic rings. The minimum absolute atomic E-state index is 0.0874. The van der Waals surface area contributed by atoms with E-state index in [-0.39, 0.29) is 46.7 Å². The number of aliphatic carboxylic acids is 1. The molecular weight excluding hydrogens is 928 g/mol. The summed E-state index contributed by atoms with van der Waals surface area (Å²) in [4.78, 5) is 71.3. The summed E-state index contributed by atoms with van der Waals surface area (Å²) >= 11 is 2.99. The number of nitrogen functional groups attached to an aromatic ring is 2. The number of pyridine rings is 3. The molecule has 0 spiro atoms. The van der Waals surface area contributed by atoms with Crippen LogP contribution in [0.15, 0.2) is 87.2 Å². The third-order valence-corrected chi connectivity index (χ3v) is 9.01. The number of hydrogen-bond acceptors (Lipinski definition) is 14. The molecule has 0 saturated carbocycles. The van der Waals surface area contributed by atoms with Gasteiger partial charge in [-0.25, -0.2) is 0 Å². The Balaban J connectivity index is 0.000000300. The van der Waals surface area contributed by atoms with E-state index in [1.54, 1.807) is 58.2 Å². The number of anilines is 3. The highest BCUT2D eigenvalue weighted by Crippen LogP contribution is 2.22. The van der Waals surface area contributed by atoms with Gasteiger partial charge in [-0.3, -0.25) is 37.9 Å². The number of carbonyl (C=O) groups excluding carboxylic acids is 2. The van der Waals surface area contributed by atoms with Gasteiger partial charge in [-0.1, -0.05) is 34.1 Å². The van der Waals surface area contributed by atoms with Gasteiger partial charge in [-0.05, 0) is 115 Å². The maximum atomic E-state index is 12.2. The zero-order valence-corrected chi connectivity index (χ0v) is 40.2. The van der Waals surface area contributed by atoms with Crippen molar-refractivity contribution in [3.63, 3.8) is 0 Å². The third kappa shape index (κ3) is 18.1. The first-order valence-corrected chi connectivity index (χ1v) is 21.8. The number of nitrogens with one attached hydrogen (secondary N) is 2. The van der Waals surface area contributed by atoms with Gasteiger partial charge in [-0.15, -0.1) is 12.6 Å². The van der Waals surface area contributed by atoms with E-state index in [2.05, 4.69) is 26.2 Å². The number of hydrogen-bond donors (Lipinski definition) is 5. The number of alkyl halides is 1. The van der Waals surface area contributed by atoms with Crippen molar-refractivity contribution in [3.05, 3.63) is 121 Å². The topological polar surface area (TPSA) is 282 Å². The van der Waals surface area contributed by atoms with E-state index in [9.17, 15) is 28.8 Å². The highest BCUT2D eigenvalue weighted by Gasteiger charge is 2.19. The zero-order chi connectivity index (χ0) is 49.6. The molecular formula is C45H55BrN6O12S. The number of nitrogens with zero attached hydrogens (tertiary/aromatic N) is 2. The van der Waals surface area contributed by atoms with Crippen molar-refractivity contribution in [3.8, 4) is 0 Å². The van der Waals surface area contributed by atoms with Crippen molar-refractivity contribution in [1.82, 2.24) is 14.1 Å². The quantitative estimate of drug-likeness (QED) is 0.0748. The Morgan fingerprint density at radius 2 is 1.11 bits per heavy atom. The van der Waals surface area contributed by atoms with Crippen LogP contribution in [-0.2, 0) is 47.6 Å². The number of benzene rings is 3. The number of aryl methyl sites for hydroxylation is 3. The Morgan fingerprint density at radius 3 is 1.57 bits per heavy atom.